The number of aromatic nitrogens is 2. The molecule has 1 heterocycles. The first kappa shape index (κ1) is 15.0. The lowest BCUT2D eigenvalue weighted by molar-refractivity contribution is 0.374. The van der Waals surface area contributed by atoms with E-state index < -0.39 is 5.54 Å². The normalized spacial score (nSPS) is 14.2. The van der Waals surface area contributed by atoms with Crippen molar-refractivity contribution in [2.75, 3.05) is 7.05 Å². The van der Waals surface area contributed by atoms with Gasteiger partial charge < -0.3 is 5.32 Å². The molecule has 1 unspecified atom stereocenters. The topological polar surface area (TPSA) is 53.6 Å². The smallest absolute Gasteiger partial charge is 0.106 e. The van der Waals surface area contributed by atoms with Crippen molar-refractivity contribution in [3.8, 4) is 6.07 Å². The molecule has 18 heavy (non-hydrogen) atoms. The molecule has 0 amide bonds. The highest BCUT2D eigenvalue weighted by Crippen LogP contribution is 2.21. The molecule has 0 aliphatic carbocycles. The molecule has 100 valence electrons. The largest absolute Gasteiger partial charge is 0.302 e. The Labute approximate surface area is 114 Å². The highest BCUT2D eigenvalue weighted by molar-refractivity contribution is 6.31. The van der Waals surface area contributed by atoms with E-state index in [4.69, 9.17) is 11.6 Å². The van der Waals surface area contributed by atoms with E-state index in [1.54, 1.807) is 0 Å². The Kier molecular flexibility index (Phi) is 5.18. The van der Waals surface area contributed by atoms with Gasteiger partial charge in [-0.05, 0) is 40.2 Å². The molecule has 1 aromatic rings. The van der Waals surface area contributed by atoms with E-state index in [1.807, 2.05) is 32.5 Å². The van der Waals surface area contributed by atoms with Gasteiger partial charge in [0.1, 0.15) is 5.54 Å². The lowest BCUT2D eigenvalue weighted by Gasteiger charge is -2.24. The van der Waals surface area contributed by atoms with Crippen LogP contribution in [0.5, 0.6) is 0 Å². The second-order valence-electron chi connectivity index (χ2n) is 4.61. The predicted octanol–water partition coefficient (Wildman–Crippen LogP) is 2.83. The Morgan fingerprint density at radius 3 is 2.56 bits per heavy atom. The number of rotatable bonds is 6. The van der Waals surface area contributed by atoms with Gasteiger partial charge in [0, 0.05) is 6.54 Å². The first-order chi connectivity index (χ1) is 8.49. The Morgan fingerprint density at radius 1 is 1.50 bits per heavy atom. The van der Waals surface area contributed by atoms with Crippen molar-refractivity contribution in [2.24, 2.45) is 0 Å². The summed E-state index contributed by atoms with van der Waals surface area (Å²) in [4.78, 5) is 0. The minimum atomic E-state index is -0.417. The Hall–Kier alpha value is -1.05. The van der Waals surface area contributed by atoms with Gasteiger partial charge in [0.05, 0.1) is 22.5 Å². The van der Waals surface area contributed by atoms with Crippen LogP contribution < -0.4 is 5.32 Å². The molecular weight excluding hydrogens is 248 g/mol. The standard InChI is InChI=1S/C13H21ClN4/c1-5-13(9-15,16-4)7-6-8-18-11(3)12(14)10(2)17-18/h16H,5-8H2,1-4H3. The first-order valence-electron chi connectivity index (χ1n) is 6.29. The third-order valence-corrected chi connectivity index (χ3v) is 4.11. The van der Waals surface area contributed by atoms with Crippen LogP contribution in [0.3, 0.4) is 0 Å². The fraction of sp³-hybridized carbons (Fsp3) is 0.692. The highest BCUT2D eigenvalue weighted by Gasteiger charge is 2.24. The molecule has 0 fully saturated rings. The fourth-order valence-corrected chi connectivity index (χ4v) is 2.23. The van der Waals surface area contributed by atoms with Gasteiger partial charge in [0.25, 0.3) is 0 Å². The zero-order chi connectivity index (χ0) is 13.8. The summed E-state index contributed by atoms with van der Waals surface area (Å²) < 4.78 is 1.92. The first-order valence-corrected chi connectivity index (χ1v) is 6.67. The third kappa shape index (κ3) is 3.04. The van der Waals surface area contributed by atoms with Crippen LogP contribution in [0, 0.1) is 25.2 Å². The molecule has 1 rings (SSSR count). The monoisotopic (exact) mass is 268 g/mol. The molecule has 0 aromatic carbocycles. The van der Waals surface area contributed by atoms with E-state index >= 15 is 0 Å². The lowest BCUT2D eigenvalue weighted by Crippen LogP contribution is -2.40. The van der Waals surface area contributed by atoms with Crippen LogP contribution in [-0.4, -0.2) is 22.4 Å². The molecule has 1 N–H and O–H groups in total. The van der Waals surface area contributed by atoms with Gasteiger partial charge in [0.2, 0.25) is 0 Å². The van der Waals surface area contributed by atoms with Crippen LogP contribution in [0.4, 0.5) is 0 Å². The van der Waals surface area contributed by atoms with Crippen molar-refractivity contribution < 1.29 is 0 Å². The number of hydrogen-bond acceptors (Lipinski definition) is 3. The van der Waals surface area contributed by atoms with Crippen molar-refractivity contribution in [2.45, 2.75) is 52.1 Å². The average Bonchev–Trinajstić information content (AvgIpc) is 2.63. The van der Waals surface area contributed by atoms with Gasteiger partial charge in [-0.3, -0.25) is 4.68 Å². The molecule has 1 aromatic heterocycles. The van der Waals surface area contributed by atoms with Crippen LogP contribution in [0.1, 0.15) is 37.6 Å². The van der Waals surface area contributed by atoms with Gasteiger partial charge in [-0.1, -0.05) is 18.5 Å². The minimum Gasteiger partial charge on any atom is -0.302 e. The molecule has 4 nitrogen and oxygen atoms in total. The lowest BCUT2D eigenvalue weighted by atomic mass is 9.92. The molecule has 0 aliphatic heterocycles. The summed E-state index contributed by atoms with van der Waals surface area (Å²) >= 11 is 6.10. The number of nitrogens with zero attached hydrogens (tertiary/aromatic N) is 3. The van der Waals surface area contributed by atoms with Crippen molar-refractivity contribution in [1.29, 1.82) is 5.26 Å². The summed E-state index contributed by atoms with van der Waals surface area (Å²) in [7, 11) is 1.84. The zero-order valence-corrected chi connectivity index (χ0v) is 12.3. The Balaban J connectivity index is 2.61. The quantitative estimate of drug-likeness (QED) is 0.863. The van der Waals surface area contributed by atoms with Crippen molar-refractivity contribution in [1.82, 2.24) is 15.1 Å². The molecule has 0 radical (unpaired) electrons. The maximum atomic E-state index is 9.22. The second-order valence-corrected chi connectivity index (χ2v) is 4.99. The second kappa shape index (κ2) is 6.21. The van der Waals surface area contributed by atoms with Gasteiger partial charge >= 0.3 is 0 Å². The van der Waals surface area contributed by atoms with Crippen LogP contribution >= 0.6 is 11.6 Å². The van der Waals surface area contributed by atoms with E-state index in [9.17, 15) is 5.26 Å². The molecular formula is C13H21ClN4. The fourth-order valence-electron chi connectivity index (χ4n) is 2.09. The van der Waals surface area contributed by atoms with E-state index in [0.717, 1.165) is 42.2 Å². The van der Waals surface area contributed by atoms with Crippen molar-refractivity contribution in [3.05, 3.63) is 16.4 Å². The maximum Gasteiger partial charge on any atom is 0.106 e. The van der Waals surface area contributed by atoms with Gasteiger partial charge in [-0.15, -0.1) is 0 Å². The summed E-state index contributed by atoms with van der Waals surface area (Å²) in [6.45, 7) is 6.70. The molecule has 0 bridgehead atoms. The van der Waals surface area contributed by atoms with E-state index in [2.05, 4.69) is 16.5 Å². The number of halogens is 1. The van der Waals surface area contributed by atoms with Gasteiger partial charge in [-0.25, -0.2) is 0 Å². The minimum absolute atomic E-state index is 0.417. The molecule has 0 spiro atoms. The average molecular weight is 269 g/mol. The summed E-state index contributed by atoms with van der Waals surface area (Å²) in [5.74, 6) is 0. The summed E-state index contributed by atoms with van der Waals surface area (Å²) in [5, 5.41) is 17.5. The summed E-state index contributed by atoms with van der Waals surface area (Å²) in [6, 6.07) is 2.37. The molecule has 1 atom stereocenters. The van der Waals surface area contributed by atoms with Crippen molar-refractivity contribution in [3.63, 3.8) is 0 Å². The zero-order valence-electron chi connectivity index (χ0n) is 11.5. The number of hydrogen-bond donors (Lipinski definition) is 1. The number of nitrogens with one attached hydrogen (secondary N) is 1. The predicted molar refractivity (Wildman–Crippen MR) is 73.6 cm³/mol. The molecule has 0 aliphatic rings. The van der Waals surface area contributed by atoms with Gasteiger partial charge in [-0.2, -0.15) is 10.4 Å². The summed E-state index contributed by atoms with van der Waals surface area (Å²) in [6.07, 6.45) is 2.52. The van der Waals surface area contributed by atoms with E-state index in [-0.39, 0.29) is 0 Å². The number of nitriles is 1. The molecule has 0 saturated heterocycles. The van der Waals surface area contributed by atoms with Crippen LogP contribution in [-0.2, 0) is 6.54 Å². The van der Waals surface area contributed by atoms with Crippen LogP contribution in [0.25, 0.3) is 0 Å². The Morgan fingerprint density at radius 2 is 2.17 bits per heavy atom. The summed E-state index contributed by atoms with van der Waals surface area (Å²) in [5.41, 5.74) is 1.45. The Bertz CT molecular complexity index is 441. The molecule has 5 heteroatoms. The SMILES string of the molecule is CCC(C#N)(CCCn1nc(C)c(Cl)c1C)NC. The van der Waals surface area contributed by atoms with Crippen molar-refractivity contribution >= 4 is 11.6 Å². The number of aryl methyl sites for hydroxylation is 2. The molecule has 0 saturated carbocycles. The van der Waals surface area contributed by atoms with Crippen LogP contribution in [0.15, 0.2) is 0 Å². The van der Waals surface area contributed by atoms with Gasteiger partial charge in [0.15, 0.2) is 0 Å². The van der Waals surface area contributed by atoms with E-state index in [1.165, 1.54) is 0 Å². The maximum absolute atomic E-state index is 9.22. The van der Waals surface area contributed by atoms with E-state index in [0.29, 0.717) is 0 Å². The van der Waals surface area contributed by atoms with Crippen LogP contribution in [0.2, 0.25) is 5.02 Å². The third-order valence-electron chi connectivity index (χ3n) is 3.56. The highest BCUT2D eigenvalue weighted by atomic mass is 35.5.